The minimum Gasteiger partial charge on any atom is -0.488 e. The summed E-state index contributed by atoms with van der Waals surface area (Å²) in [7, 11) is 2.19. The van der Waals surface area contributed by atoms with Gasteiger partial charge in [0.2, 0.25) is 5.91 Å². The molecule has 0 aliphatic carbocycles. The Balaban J connectivity index is 1.30. The van der Waals surface area contributed by atoms with Crippen LogP contribution in [0.2, 0.25) is 5.02 Å². The van der Waals surface area contributed by atoms with Crippen molar-refractivity contribution in [3.05, 3.63) is 64.1 Å². The number of amides is 1. The number of hydrogen-bond acceptors (Lipinski definition) is 7. The maximum atomic E-state index is 15.2. The number of aromatic nitrogens is 2. The summed E-state index contributed by atoms with van der Waals surface area (Å²) < 4.78 is 37.3. The molecule has 5 atom stereocenters. The smallest absolute Gasteiger partial charge is 0.350 e. The van der Waals surface area contributed by atoms with Crippen molar-refractivity contribution in [2.75, 3.05) is 51.3 Å². The van der Waals surface area contributed by atoms with Gasteiger partial charge in [-0.1, -0.05) is 18.2 Å². The zero-order valence-corrected chi connectivity index (χ0v) is 27.8. The lowest BCUT2D eigenvalue weighted by Crippen LogP contribution is -2.58. The average molecular weight is 667 g/mol. The molecule has 2 bridgehead atoms. The zero-order chi connectivity index (χ0) is 33.1. The minimum absolute atomic E-state index is 0.0909. The molecule has 1 amide bonds. The van der Waals surface area contributed by atoms with Crippen LogP contribution in [0.3, 0.4) is 0 Å². The lowest BCUT2D eigenvalue weighted by atomic mass is 9.98. The summed E-state index contributed by atoms with van der Waals surface area (Å²) in [5.74, 6) is -0.897. The van der Waals surface area contributed by atoms with E-state index in [1.165, 1.54) is 31.1 Å². The van der Waals surface area contributed by atoms with Gasteiger partial charge in [-0.2, -0.15) is 4.98 Å². The number of likely N-dealkylation sites (tertiary alicyclic amines) is 1. The largest absolute Gasteiger partial charge is 0.488 e. The third-order valence-corrected chi connectivity index (χ3v) is 10.9. The Morgan fingerprint density at radius 3 is 2.55 bits per heavy atom. The number of hydrogen-bond donors (Lipinski definition) is 0. The Labute approximate surface area is 278 Å². The van der Waals surface area contributed by atoms with Crippen LogP contribution >= 0.6 is 11.6 Å². The lowest BCUT2D eigenvalue weighted by molar-refractivity contribution is -0.128. The van der Waals surface area contributed by atoms with Gasteiger partial charge in [0, 0.05) is 72.9 Å². The van der Waals surface area contributed by atoms with Gasteiger partial charge >= 0.3 is 5.69 Å². The second kappa shape index (κ2) is 12.5. The summed E-state index contributed by atoms with van der Waals surface area (Å²) in [6, 6.07) is 5.57. The summed E-state index contributed by atoms with van der Waals surface area (Å²) >= 11 is 6.91. The molecule has 47 heavy (non-hydrogen) atoms. The van der Waals surface area contributed by atoms with Crippen LogP contribution < -0.4 is 15.3 Å². The Morgan fingerprint density at radius 2 is 1.85 bits per heavy atom. The Kier molecular flexibility index (Phi) is 8.51. The van der Waals surface area contributed by atoms with E-state index in [-0.39, 0.29) is 52.5 Å². The lowest BCUT2D eigenvalue weighted by Gasteiger charge is -2.45. The molecule has 5 heterocycles. The molecule has 4 aliphatic heterocycles. The van der Waals surface area contributed by atoms with Gasteiger partial charge in [-0.15, -0.1) is 0 Å². The van der Waals surface area contributed by atoms with Crippen LogP contribution in [0.15, 0.2) is 41.7 Å². The van der Waals surface area contributed by atoms with E-state index in [0.29, 0.717) is 48.3 Å². The highest BCUT2D eigenvalue weighted by atomic mass is 35.5. The normalized spacial score (nSPS) is 26.1. The number of benzene rings is 2. The maximum Gasteiger partial charge on any atom is 0.350 e. The molecule has 2 unspecified atom stereocenters. The van der Waals surface area contributed by atoms with Crippen molar-refractivity contribution in [3.8, 4) is 16.9 Å². The van der Waals surface area contributed by atoms with Crippen molar-refractivity contribution in [1.29, 1.82) is 0 Å². The Bertz CT molecular complexity index is 1790. The van der Waals surface area contributed by atoms with Crippen molar-refractivity contribution in [2.24, 2.45) is 0 Å². The molecule has 1 aromatic heterocycles. The SMILES string of the molecule is C=CC(=O)N1C[C@H](C)N(c2nc(=O)n3c4c(c(-c5ccc(F)cc5F)c(Cl)cc24)OC[C@H]3CCCN2C3CCC2CN(C)C3)C[C@H]1C. The molecule has 3 saturated heterocycles. The molecule has 0 saturated carbocycles. The van der Waals surface area contributed by atoms with Crippen LogP contribution in [0.5, 0.6) is 5.75 Å². The molecule has 3 fully saturated rings. The second-order valence-electron chi connectivity index (χ2n) is 13.7. The molecule has 0 N–H and O–H groups in total. The fourth-order valence-corrected chi connectivity index (χ4v) is 8.65. The predicted octanol–water partition coefficient (Wildman–Crippen LogP) is 5.10. The van der Waals surface area contributed by atoms with Crippen LogP contribution in [0.4, 0.5) is 14.6 Å². The number of nitrogens with zero attached hydrogens (tertiary/aromatic N) is 6. The van der Waals surface area contributed by atoms with Crippen molar-refractivity contribution >= 4 is 34.2 Å². The average Bonchev–Trinajstić information content (AvgIpc) is 3.27. The van der Waals surface area contributed by atoms with Crippen molar-refractivity contribution in [1.82, 2.24) is 24.3 Å². The van der Waals surface area contributed by atoms with Crippen molar-refractivity contribution < 1.29 is 18.3 Å². The first-order chi connectivity index (χ1) is 22.5. The van der Waals surface area contributed by atoms with Crippen LogP contribution in [0.1, 0.15) is 45.6 Å². The second-order valence-corrected chi connectivity index (χ2v) is 14.1. The van der Waals surface area contributed by atoms with Gasteiger partial charge in [0.05, 0.1) is 16.6 Å². The molecule has 2 aromatic carbocycles. The number of piperazine rings is 2. The van der Waals surface area contributed by atoms with Gasteiger partial charge in [-0.05, 0) is 77.4 Å². The van der Waals surface area contributed by atoms with E-state index in [1.54, 1.807) is 15.5 Å². The summed E-state index contributed by atoms with van der Waals surface area (Å²) in [6.07, 6.45) is 5.35. The first-order valence-electron chi connectivity index (χ1n) is 16.6. The van der Waals surface area contributed by atoms with E-state index < -0.39 is 17.3 Å². The molecule has 3 aromatic rings. The van der Waals surface area contributed by atoms with E-state index in [9.17, 15) is 14.0 Å². The number of carbonyl (C=O) groups is 1. The van der Waals surface area contributed by atoms with Gasteiger partial charge in [0.15, 0.2) is 5.75 Å². The summed E-state index contributed by atoms with van der Waals surface area (Å²) in [4.78, 5) is 40.2. The number of fused-ring (bicyclic) bond motifs is 2. The quantitative estimate of drug-likeness (QED) is 0.325. The fraction of sp³-hybridized carbons (Fsp3) is 0.514. The number of ether oxygens (including phenoxy) is 1. The molecule has 9 nitrogen and oxygen atoms in total. The summed E-state index contributed by atoms with van der Waals surface area (Å²) in [5.41, 5.74) is 0.452. The zero-order valence-electron chi connectivity index (χ0n) is 27.1. The van der Waals surface area contributed by atoms with E-state index in [2.05, 4.69) is 28.4 Å². The fourth-order valence-electron chi connectivity index (χ4n) is 8.36. The van der Waals surface area contributed by atoms with Gasteiger partial charge in [-0.3, -0.25) is 14.3 Å². The number of likely N-dealkylation sites (N-methyl/N-ethyl adjacent to an activating group) is 1. The van der Waals surface area contributed by atoms with Crippen LogP contribution in [0, 0.1) is 11.6 Å². The topological polar surface area (TPSA) is 74.1 Å². The van der Waals surface area contributed by atoms with Crippen LogP contribution in [-0.2, 0) is 4.79 Å². The number of rotatable bonds is 7. The highest BCUT2D eigenvalue weighted by Gasteiger charge is 2.39. The monoisotopic (exact) mass is 666 g/mol. The van der Waals surface area contributed by atoms with E-state index in [4.69, 9.17) is 16.3 Å². The first kappa shape index (κ1) is 32.0. The first-order valence-corrected chi connectivity index (χ1v) is 16.9. The predicted molar refractivity (Wildman–Crippen MR) is 179 cm³/mol. The van der Waals surface area contributed by atoms with E-state index in [1.807, 2.05) is 18.7 Å². The molecule has 7 rings (SSSR count). The molecule has 12 heteroatoms. The van der Waals surface area contributed by atoms with Gasteiger partial charge < -0.3 is 19.4 Å². The van der Waals surface area contributed by atoms with Crippen LogP contribution in [0.25, 0.3) is 22.0 Å². The number of halogens is 3. The Hall–Kier alpha value is -3.54. The molecule has 0 radical (unpaired) electrons. The molecule has 250 valence electrons. The highest BCUT2D eigenvalue weighted by Crippen LogP contribution is 2.48. The van der Waals surface area contributed by atoms with E-state index in [0.717, 1.165) is 32.1 Å². The standard InChI is InChI=1S/C35H41ClF2N6O3/c1-5-30(45)42-15-21(3)43(16-20(42)2)34-27-14-28(36)31(26-11-8-22(37)13-29(26)38)33-32(27)44(35(46)39-34)25(19-47-33)7-6-12-41-23-9-10-24(41)18-40(4)17-23/h5,8,11,13-14,20-21,23-25H,1,6-7,9-10,12,15-19H2,2-4H3/t20-,21+,23?,24?,25-/m1/s1. The van der Waals surface area contributed by atoms with Gasteiger partial charge in [0.25, 0.3) is 0 Å². The Morgan fingerprint density at radius 1 is 1.11 bits per heavy atom. The number of carbonyl (C=O) groups excluding carboxylic acids is 1. The maximum absolute atomic E-state index is 15.2. The minimum atomic E-state index is -0.774. The molecular weight excluding hydrogens is 626 g/mol. The highest BCUT2D eigenvalue weighted by molar-refractivity contribution is 6.35. The van der Waals surface area contributed by atoms with E-state index >= 15 is 4.39 Å². The summed E-state index contributed by atoms with van der Waals surface area (Å²) in [5, 5.41) is 0.816. The number of anilines is 1. The van der Waals surface area contributed by atoms with Crippen molar-refractivity contribution in [3.63, 3.8) is 0 Å². The third-order valence-electron chi connectivity index (χ3n) is 10.6. The third kappa shape index (κ3) is 5.59. The summed E-state index contributed by atoms with van der Waals surface area (Å²) in [6.45, 7) is 11.7. The molecule has 0 spiro atoms. The van der Waals surface area contributed by atoms with Gasteiger partial charge in [-0.25, -0.2) is 13.6 Å². The van der Waals surface area contributed by atoms with Crippen LogP contribution in [-0.4, -0.2) is 101 Å². The molecular formula is C35H41ClF2N6O3. The van der Waals surface area contributed by atoms with Crippen molar-refractivity contribution in [2.45, 2.75) is 69.7 Å². The van der Waals surface area contributed by atoms with Gasteiger partial charge in [0.1, 0.15) is 24.1 Å². The molecule has 4 aliphatic rings.